The van der Waals surface area contributed by atoms with E-state index in [0.717, 1.165) is 39.3 Å². The molecule has 1 aromatic rings. The molecule has 0 aromatic carbocycles. The van der Waals surface area contributed by atoms with Crippen LogP contribution in [-0.4, -0.2) is 43.8 Å². The lowest BCUT2D eigenvalue weighted by Gasteiger charge is -2.08. The van der Waals surface area contributed by atoms with Crippen molar-refractivity contribution < 1.29 is 9.47 Å². The minimum atomic E-state index is 0.734. The van der Waals surface area contributed by atoms with Crippen molar-refractivity contribution in [3.05, 3.63) is 18.0 Å². The average Bonchev–Trinajstić information content (AvgIpc) is 2.73. The standard InChI is InChI=1S/C11H21N3O2/c1-15-8-3-7-14-11(4-5-13-14)10-12-6-9-16-2/h4-5,12H,3,6-10H2,1-2H3. The number of ether oxygens (including phenoxy) is 2. The first-order valence-corrected chi connectivity index (χ1v) is 5.57. The third-order valence-electron chi connectivity index (χ3n) is 2.31. The zero-order valence-electron chi connectivity index (χ0n) is 10.1. The fourth-order valence-corrected chi connectivity index (χ4v) is 1.46. The summed E-state index contributed by atoms with van der Waals surface area (Å²) in [5, 5.41) is 7.58. The van der Waals surface area contributed by atoms with Crippen molar-refractivity contribution in [1.29, 1.82) is 0 Å². The van der Waals surface area contributed by atoms with Gasteiger partial charge in [-0.3, -0.25) is 4.68 Å². The molecule has 5 heteroatoms. The first kappa shape index (κ1) is 13.2. The van der Waals surface area contributed by atoms with Crippen molar-refractivity contribution in [2.45, 2.75) is 19.5 Å². The summed E-state index contributed by atoms with van der Waals surface area (Å²) in [5.74, 6) is 0. The number of aryl methyl sites for hydroxylation is 1. The smallest absolute Gasteiger partial charge is 0.0587 e. The van der Waals surface area contributed by atoms with Gasteiger partial charge in [0.25, 0.3) is 0 Å². The minimum absolute atomic E-state index is 0.734. The van der Waals surface area contributed by atoms with Crippen molar-refractivity contribution in [2.24, 2.45) is 0 Å². The highest BCUT2D eigenvalue weighted by molar-refractivity contribution is 4.99. The highest BCUT2D eigenvalue weighted by Gasteiger charge is 2.01. The number of nitrogens with zero attached hydrogens (tertiary/aromatic N) is 2. The third-order valence-corrected chi connectivity index (χ3v) is 2.31. The highest BCUT2D eigenvalue weighted by Crippen LogP contribution is 2.00. The van der Waals surface area contributed by atoms with Gasteiger partial charge < -0.3 is 14.8 Å². The Hall–Kier alpha value is -0.910. The Morgan fingerprint density at radius 1 is 1.31 bits per heavy atom. The van der Waals surface area contributed by atoms with Gasteiger partial charge in [0.2, 0.25) is 0 Å². The Bertz CT molecular complexity index is 276. The molecule has 0 spiro atoms. The van der Waals surface area contributed by atoms with Crippen LogP contribution in [0, 0.1) is 0 Å². The number of nitrogens with one attached hydrogen (secondary N) is 1. The van der Waals surface area contributed by atoms with Gasteiger partial charge in [-0.1, -0.05) is 0 Å². The van der Waals surface area contributed by atoms with Crippen LogP contribution in [0.25, 0.3) is 0 Å². The van der Waals surface area contributed by atoms with E-state index in [2.05, 4.69) is 10.4 Å². The van der Waals surface area contributed by atoms with Crippen molar-refractivity contribution >= 4 is 0 Å². The van der Waals surface area contributed by atoms with Gasteiger partial charge in [0.1, 0.15) is 0 Å². The molecule has 92 valence electrons. The maximum Gasteiger partial charge on any atom is 0.0587 e. The molecule has 1 N–H and O–H groups in total. The average molecular weight is 227 g/mol. The van der Waals surface area contributed by atoms with E-state index in [4.69, 9.17) is 9.47 Å². The Labute approximate surface area is 96.7 Å². The van der Waals surface area contributed by atoms with Crippen LogP contribution in [-0.2, 0) is 22.6 Å². The van der Waals surface area contributed by atoms with Crippen LogP contribution in [0.3, 0.4) is 0 Å². The fourth-order valence-electron chi connectivity index (χ4n) is 1.46. The molecule has 0 aliphatic heterocycles. The quantitative estimate of drug-likeness (QED) is 0.629. The maximum atomic E-state index is 5.02. The van der Waals surface area contributed by atoms with Gasteiger partial charge in [0.15, 0.2) is 0 Å². The van der Waals surface area contributed by atoms with E-state index < -0.39 is 0 Å². The summed E-state index contributed by atoms with van der Waals surface area (Å²) in [6.45, 7) is 4.10. The van der Waals surface area contributed by atoms with Crippen LogP contribution >= 0.6 is 0 Å². The van der Waals surface area contributed by atoms with Crippen molar-refractivity contribution in [3.63, 3.8) is 0 Å². The molecule has 0 saturated heterocycles. The predicted molar refractivity (Wildman–Crippen MR) is 62.3 cm³/mol. The highest BCUT2D eigenvalue weighted by atomic mass is 16.5. The summed E-state index contributed by atoms with van der Waals surface area (Å²) >= 11 is 0. The molecule has 0 fully saturated rings. The Kier molecular flexibility index (Phi) is 6.80. The molecule has 1 rings (SSSR count). The first-order chi connectivity index (χ1) is 7.88. The number of hydrogen-bond acceptors (Lipinski definition) is 4. The lowest BCUT2D eigenvalue weighted by atomic mass is 10.4. The van der Waals surface area contributed by atoms with Gasteiger partial charge >= 0.3 is 0 Å². The van der Waals surface area contributed by atoms with E-state index in [0.29, 0.717) is 0 Å². The number of methoxy groups -OCH3 is 2. The van der Waals surface area contributed by atoms with Crippen LogP contribution in [0.4, 0.5) is 0 Å². The number of aromatic nitrogens is 2. The second-order valence-electron chi connectivity index (χ2n) is 3.56. The van der Waals surface area contributed by atoms with E-state index in [-0.39, 0.29) is 0 Å². The summed E-state index contributed by atoms with van der Waals surface area (Å²) in [6, 6.07) is 2.03. The molecule has 0 unspecified atom stereocenters. The molecule has 0 atom stereocenters. The van der Waals surface area contributed by atoms with E-state index in [9.17, 15) is 0 Å². The van der Waals surface area contributed by atoms with E-state index in [1.165, 1.54) is 5.69 Å². The second kappa shape index (κ2) is 8.27. The molecule has 0 aliphatic carbocycles. The molecule has 1 aromatic heterocycles. The molecule has 0 amide bonds. The topological polar surface area (TPSA) is 48.3 Å². The van der Waals surface area contributed by atoms with Crippen LogP contribution in [0.5, 0.6) is 0 Å². The van der Waals surface area contributed by atoms with Crippen LogP contribution in [0.15, 0.2) is 12.3 Å². The molecule has 0 saturated carbocycles. The number of rotatable bonds is 9. The van der Waals surface area contributed by atoms with E-state index in [1.54, 1.807) is 14.2 Å². The summed E-state index contributed by atoms with van der Waals surface area (Å²) in [6.07, 6.45) is 2.82. The van der Waals surface area contributed by atoms with Crippen LogP contribution < -0.4 is 5.32 Å². The van der Waals surface area contributed by atoms with Crippen molar-refractivity contribution in [3.8, 4) is 0 Å². The van der Waals surface area contributed by atoms with Gasteiger partial charge in [-0.2, -0.15) is 5.10 Å². The van der Waals surface area contributed by atoms with Crippen LogP contribution in [0.2, 0.25) is 0 Å². The minimum Gasteiger partial charge on any atom is -0.385 e. The monoisotopic (exact) mass is 227 g/mol. The van der Waals surface area contributed by atoms with Gasteiger partial charge in [0.05, 0.1) is 12.3 Å². The van der Waals surface area contributed by atoms with E-state index >= 15 is 0 Å². The van der Waals surface area contributed by atoms with Gasteiger partial charge in [-0.15, -0.1) is 0 Å². The van der Waals surface area contributed by atoms with Gasteiger partial charge in [0, 0.05) is 46.7 Å². The Morgan fingerprint density at radius 3 is 2.88 bits per heavy atom. The number of hydrogen-bond donors (Lipinski definition) is 1. The molecule has 16 heavy (non-hydrogen) atoms. The van der Waals surface area contributed by atoms with Crippen LogP contribution in [0.1, 0.15) is 12.1 Å². The SMILES string of the molecule is COCCCn1nccc1CNCCOC. The van der Waals surface area contributed by atoms with Crippen molar-refractivity contribution in [2.75, 3.05) is 34.0 Å². The third kappa shape index (κ3) is 4.74. The normalized spacial score (nSPS) is 10.9. The maximum absolute atomic E-state index is 5.02. The zero-order chi connectivity index (χ0) is 11.6. The predicted octanol–water partition coefficient (Wildman–Crippen LogP) is 0.656. The largest absolute Gasteiger partial charge is 0.385 e. The summed E-state index contributed by atoms with van der Waals surface area (Å²) in [4.78, 5) is 0. The first-order valence-electron chi connectivity index (χ1n) is 5.57. The molecule has 5 nitrogen and oxygen atoms in total. The molecular formula is C11H21N3O2. The van der Waals surface area contributed by atoms with Crippen molar-refractivity contribution in [1.82, 2.24) is 15.1 Å². The summed E-state index contributed by atoms with van der Waals surface area (Å²) in [5.41, 5.74) is 1.20. The molecular weight excluding hydrogens is 206 g/mol. The molecule has 0 radical (unpaired) electrons. The van der Waals surface area contributed by atoms with Gasteiger partial charge in [-0.05, 0) is 12.5 Å². The molecule has 1 heterocycles. The zero-order valence-corrected chi connectivity index (χ0v) is 10.1. The van der Waals surface area contributed by atoms with Gasteiger partial charge in [-0.25, -0.2) is 0 Å². The molecule has 0 bridgehead atoms. The summed E-state index contributed by atoms with van der Waals surface area (Å²) in [7, 11) is 3.42. The Morgan fingerprint density at radius 2 is 2.12 bits per heavy atom. The lowest BCUT2D eigenvalue weighted by Crippen LogP contribution is -2.21. The Balaban J connectivity index is 2.26. The molecule has 0 aliphatic rings. The lowest BCUT2D eigenvalue weighted by molar-refractivity contribution is 0.188. The second-order valence-corrected chi connectivity index (χ2v) is 3.56. The fraction of sp³-hybridized carbons (Fsp3) is 0.727. The summed E-state index contributed by atoms with van der Waals surface area (Å²) < 4.78 is 12.0. The van der Waals surface area contributed by atoms with E-state index in [1.807, 2.05) is 16.9 Å².